The third kappa shape index (κ3) is 3.24. The molecule has 0 spiro atoms. The van der Waals surface area contributed by atoms with Crippen molar-refractivity contribution in [2.75, 3.05) is 33.7 Å². The second kappa shape index (κ2) is 6.24. The van der Waals surface area contributed by atoms with Crippen molar-refractivity contribution in [1.82, 2.24) is 14.7 Å². The van der Waals surface area contributed by atoms with E-state index < -0.39 is 12.0 Å². The van der Waals surface area contributed by atoms with E-state index in [2.05, 4.69) is 0 Å². The highest BCUT2D eigenvalue weighted by atomic mass is 16.4. The first-order valence-corrected chi connectivity index (χ1v) is 7.72. The van der Waals surface area contributed by atoms with Gasteiger partial charge in [-0.25, -0.2) is 4.79 Å². The van der Waals surface area contributed by atoms with Crippen molar-refractivity contribution >= 4 is 17.8 Å². The molecule has 2 saturated heterocycles. The van der Waals surface area contributed by atoms with Crippen LogP contribution in [0, 0.1) is 11.8 Å². The molecule has 1 N–H and O–H groups in total. The molecule has 0 saturated carbocycles. The Balaban J connectivity index is 1.96. The largest absolute Gasteiger partial charge is 0.480 e. The summed E-state index contributed by atoms with van der Waals surface area (Å²) in [5.41, 5.74) is 0. The summed E-state index contributed by atoms with van der Waals surface area (Å²) in [5, 5.41) is 9.29. The molecule has 2 fully saturated rings. The predicted octanol–water partition coefficient (Wildman–Crippen LogP) is -0.283. The zero-order chi connectivity index (χ0) is 16.6. The molecular formula is C15H25N3O4. The number of carboxylic acid groups (broad SMARTS) is 1. The smallest absolute Gasteiger partial charge is 0.326 e. The van der Waals surface area contributed by atoms with Crippen LogP contribution in [0.25, 0.3) is 0 Å². The number of hydrogen-bond acceptors (Lipinski definition) is 4. The molecule has 7 nitrogen and oxygen atoms in total. The van der Waals surface area contributed by atoms with Gasteiger partial charge in [0.05, 0.1) is 5.92 Å². The third-order valence-corrected chi connectivity index (χ3v) is 4.64. The van der Waals surface area contributed by atoms with Crippen LogP contribution in [0.15, 0.2) is 0 Å². The highest BCUT2D eigenvalue weighted by Crippen LogP contribution is 2.25. The number of carboxylic acids is 1. The van der Waals surface area contributed by atoms with Crippen molar-refractivity contribution < 1.29 is 19.5 Å². The monoisotopic (exact) mass is 311 g/mol. The molecule has 0 aliphatic carbocycles. The summed E-state index contributed by atoms with van der Waals surface area (Å²) in [6, 6.07) is -0.860. The molecule has 22 heavy (non-hydrogen) atoms. The van der Waals surface area contributed by atoms with Gasteiger partial charge in [0.15, 0.2) is 0 Å². The molecule has 0 aromatic rings. The van der Waals surface area contributed by atoms with Crippen molar-refractivity contribution in [3.05, 3.63) is 0 Å². The van der Waals surface area contributed by atoms with Crippen LogP contribution in [0.1, 0.15) is 20.3 Å². The number of amides is 2. The topological polar surface area (TPSA) is 80.9 Å². The average Bonchev–Trinajstić information content (AvgIpc) is 2.97. The maximum absolute atomic E-state index is 12.5. The Hall–Kier alpha value is -1.63. The summed E-state index contributed by atoms with van der Waals surface area (Å²) in [7, 11) is 3.44. The zero-order valence-electron chi connectivity index (χ0n) is 13.7. The molecule has 7 heteroatoms. The lowest BCUT2D eigenvalue weighted by Gasteiger charge is -2.29. The normalized spacial score (nSPS) is 28.6. The van der Waals surface area contributed by atoms with Crippen molar-refractivity contribution in [2.24, 2.45) is 11.8 Å². The summed E-state index contributed by atoms with van der Waals surface area (Å²) < 4.78 is 0. The number of aliphatic carboxylic acids is 1. The number of likely N-dealkylation sites (N-methyl/N-ethyl adjacent to an activating group) is 2. The zero-order valence-corrected chi connectivity index (χ0v) is 13.7. The van der Waals surface area contributed by atoms with E-state index in [1.54, 1.807) is 25.8 Å². The second-order valence-electron chi connectivity index (χ2n) is 6.70. The molecule has 0 aromatic carbocycles. The van der Waals surface area contributed by atoms with E-state index in [1.807, 2.05) is 11.9 Å². The Morgan fingerprint density at radius 1 is 1.23 bits per heavy atom. The van der Waals surface area contributed by atoms with Crippen LogP contribution in [-0.4, -0.2) is 83.4 Å². The standard InChI is InChI=1S/C15H25N3O4/c1-9(2)12(15(21)22)17(4)13(19)10-5-6-18(7-10)14(20)11-8-16(11)3/h9-12H,5-8H2,1-4H3,(H,21,22)/t10-,11-,12-,16?/m0/s1. The van der Waals surface area contributed by atoms with E-state index >= 15 is 0 Å². The van der Waals surface area contributed by atoms with Crippen LogP contribution in [0.4, 0.5) is 0 Å². The molecule has 2 heterocycles. The fourth-order valence-electron chi connectivity index (χ4n) is 3.19. The number of carbonyl (C=O) groups excluding carboxylic acids is 2. The van der Waals surface area contributed by atoms with E-state index in [0.29, 0.717) is 19.5 Å². The van der Waals surface area contributed by atoms with Crippen LogP contribution in [-0.2, 0) is 14.4 Å². The molecule has 1 unspecified atom stereocenters. The summed E-state index contributed by atoms with van der Waals surface area (Å²) in [6.45, 7) is 5.33. The first-order chi connectivity index (χ1) is 10.2. The minimum Gasteiger partial charge on any atom is -0.480 e. The molecule has 2 rings (SSSR count). The molecule has 0 radical (unpaired) electrons. The lowest BCUT2D eigenvalue weighted by Crippen LogP contribution is -2.48. The Morgan fingerprint density at radius 3 is 2.27 bits per heavy atom. The number of nitrogens with zero attached hydrogens (tertiary/aromatic N) is 3. The van der Waals surface area contributed by atoms with Gasteiger partial charge in [-0.2, -0.15) is 0 Å². The van der Waals surface area contributed by atoms with Gasteiger partial charge < -0.3 is 14.9 Å². The molecular weight excluding hydrogens is 286 g/mol. The summed E-state index contributed by atoms with van der Waals surface area (Å²) in [6.07, 6.45) is 0.607. The Bertz CT molecular complexity index is 479. The quantitative estimate of drug-likeness (QED) is 0.706. The summed E-state index contributed by atoms with van der Waals surface area (Å²) in [4.78, 5) is 41.1. The molecule has 4 atom stereocenters. The Morgan fingerprint density at radius 2 is 1.82 bits per heavy atom. The number of likely N-dealkylation sites (tertiary alicyclic amines) is 1. The van der Waals surface area contributed by atoms with Gasteiger partial charge in [0.1, 0.15) is 12.1 Å². The predicted molar refractivity (Wildman–Crippen MR) is 80.1 cm³/mol. The van der Waals surface area contributed by atoms with E-state index in [4.69, 9.17) is 0 Å². The van der Waals surface area contributed by atoms with Gasteiger partial charge in [0.2, 0.25) is 11.8 Å². The number of rotatable bonds is 5. The molecule has 0 bridgehead atoms. The van der Waals surface area contributed by atoms with Crippen LogP contribution in [0.5, 0.6) is 0 Å². The molecule has 0 aromatic heterocycles. The Kier molecular flexibility index (Phi) is 4.75. The highest BCUT2D eigenvalue weighted by Gasteiger charge is 2.43. The Labute approximate surface area is 130 Å². The van der Waals surface area contributed by atoms with Gasteiger partial charge in [-0.1, -0.05) is 13.8 Å². The molecule has 2 amide bonds. The fraction of sp³-hybridized carbons (Fsp3) is 0.800. The maximum Gasteiger partial charge on any atom is 0.326 e. The van der Waals surface area contributed by atoms with Crippen molar-refractivity contribution in [2.45, 2.75) is 32.4 Å². The van der Waals surface area contributed by atoms with Gasteiger partial charge in [-0.05, 0) is 19.4 Å². The van der Waals surface area contributed by atoms with Crippen LogP contribution in [0.3, 0.4) is 0 Å². The van der Waals surface area contributed by atoms with Crippen LogP contribution >= 0.6 is 0 Å². The lowest BCUT2D eigenvalue weighted by molar-refractivity contribution is -0.152. The van der Waals surface area contributed by atoms with E-state index in [-0.39, 0.29) is 29.7 Å². The average molecular weight is 311 g/mol. The van der Waals surface area contributed by atoms with Gasteiger partial charge in [-0.3, -0.25) is 14.5 Å². The van der Waals surface area contributed by atoms with Gasteiger partial charge >= 0.3 is 5.97 Å². The first kappa shape index (κ1) is 16.7. The number of carbonyl (C=O) groups is 3. The number of hydrogen-bond donors (Lipinski definition) is 1. The van der Waals surface area contributed by atoms with Crippen LogP contribution in [0.2, 0.25) is 0 Å². The lowest BCUT2D eigenvalue weighted by atomic mass is 10.0. The fourth-order valence-corrected chi connectivity index (χ4v) is 3.19. The maximum atomic E-state index is 12.5. The van der Waals surface area contributed by atoms with E-state index in [1.165, 1.54) is 4.90 Å². The highest BCUT2D eigenvalue weighted by molar-refractivity contribution is 5.88. The van der Waals surface area contributed by atoms with E-state index in [9.17, 15) is 19.5 Å². The molecule has 2 aliphatic rings. The SMILES string of the molecule is CC(C)[C@@H](C(=O)O)N(C)C(=O)[C@H]1CCN(C(=O)[C@@H]2CN2C)C1. The van der Waals surface area contributed by atoms with Crippen molar-refractivity contribution in [1.29, 1.82) is 0 Å². The summed E-state index contributed by atoms with van der Waals surface area (Å²) in [5.74, 6) is -1.54. The molecule has 2 aliphatic heterocycles. The van der Waals surface area contributed by atoms with Crippen molar-refractivity contribution in [3.63, 3.8) is 0 Å². The first-order valence-electron chi connectivity index (χ1n) is 7.72. The van der Waals surface area contributed by atoms with Gasteiger partial charge in [-0.15, -0.1) is 0 Å². The second-order valence-corrected chi connectivity index (χ2v) is 6.70. The van der Waals surface area contributed by atoms with Crippen LogP contribution < -0.4 is 0 Å². The van der Waals surface area contributed by atoms with Crippen molar-refractivity contribution in [3.8, 4) is 0 Å². The van der Waals surface area contributed by atoms with Gasteiger partial charge in [0.25, 0.3) is 0 Å². The summed E-state index contributed by atoms with van der Waals surface area (Å²) >= 11 is 0. The third-order valence-electron chi connectivity index (χ3n) is 4.64. The minimum atomic E-state index is -0.989. The van der Waals surface area contributed by atoms with E-state index in [0.717, 1.165) is 6.54 Å². The van der Waals surface area contributed by atoms with Gasteiger partial charge in [0, 0.05) is 26.7 Å². The molecule has 124 valence electrons. The minimum absolute atomic E-state index is 0.0333.